The van der Waals surface area contributed by atoms with Crippen molar-refractivity contribution in [1.29, 1.82) is 0 Å². The number of halogens is 1. The second kappa shape index (κ2) is 5.62. The second-order valence-electron chi connectivity index (χ2n) is 4.83. The molecule has 0 aliphatic heterocycles. The van der Waals surface area contributed by atoms with Gasteiger partial charge in [0.2, 0.25) is 5.88 Å². The number of ether oxygens (including phenoxy) is 1. The summed E-state index contributed by atoms with van der Waals surface area (Å²) < 4.78 is 5.90. The zero-order chi connectivity index (χ0) is 14.0. The first kappa shape index (κ1) is 13.9. The van der Waals surface area contributed by atoms with Crippen LogP contribution >= 0.6 is 11.6 Å². The lowest BCUT2D eigenvalue weighted by molar-refractivity contribution is 0.457. The Labute approximate surface area is 119 Å². The highest BCUT2D eigenvalue weighted by Gasteiger charge is 2.07. The zero-order valence-electron chi connectivity index (χ0n) is 11.7. The molecule has 2 rings (SSSR count). The fourth-order valence-corrected chi connectivity index (χ4v) is 2.27. The second-order valence-corrected chi connectivity index (χ2v) is 5.10. The van der Waals surface area contributed by atoms with Gasteiger partial charge >= 0.3 is 0 Å². The number of hydrogen-bond donors (Lipinski definition) is 0. The molecule has 2 nitrogen and oxygen atoms in total. The van der Waals surface area contributed by atoms with Crippen LogP contribution in [0.4, 0.5) is 0 Å². The molecule has 0 fully saturated rings. The third-order valence-corrected chi connectivity index (χ3v) is 3.58. The summed E-state index contributed by atoms with van der Waals surface area (Å²) in [7, 11) is 0. The molecule has 1 aromatic heterocycles. The highest BCUT2D eigenvalue weighted by Crippen LogP contribution is 2.28. The molecule has 0 aliphatic carbocycles. The van der Waals surface area contributed by atoms with Gasteiger partial charge in [0, 0.05) is 17.6 Å². The van der Waals surface area contributed by atoms with E-state index in [1.54, 1.807) is 0 Å². The van der Waals surface area contributed by atoms with Gasteiger partial charge in [-0.25, -0.2) is 4.98 Å². The Morgan fingerprint density at radius 2 is 1.84 bits per heavy atom. The minimum Gasteiger partial charge on any atom is -0.439 e. The van der Waals surface area contributed by atoms with Gasteiger partial charge in [0.1, 0.15) is 5.75 Å². The normalized spacial score (nSPS) is 10.6. The zero-order valence-corrected chi connectivity index (χ0v) is 12.5. The van der Waals surface area contributed by atoms with Crippen molar-refractivity contribution in [3.05, 3.63) is 52.2 Å². The van der Waals surface area contributed by atoms with Crippen LogP contribution in [0.15, 0.2) is 24.3 Å². The van der Waals surface area contributed by atoms with Crippen molar-refractivity contribution in [3.8, 4) is 11.6 Å². The fourth-order valence-electron chi connectivity index (χ4n) is 1.98. The molecule has 0 unspecified atom stereocenters. The van der Waals surface area contributed by atoms with E-state index in [1.165, 1.54) is 11.1 Å². The van der Waals surface area contributed by atoms with Crippen LogP contribution in [0.1, 0.15) is 27.9 Å². The topological polar surface area (TPSA) is 22.1 Å². The number of aryl methyl sites for hydroxylation is 3. The highest BCUT2D eigenvalue weighted by molar-refractivity contribution is 6.17. The molecular weight excluding hydrogens is 258 g/mol. The van der Waals surface area contributed by atoms with Crippen LogP contribution in [0.25, 0.3) is 0 Å². The maximum Gasteiger partial charge on any atom is 0.219 e. The maximum absolute atomic E-state index is 5.90. The van der Waals surface area contributed by atoms with Crippen LogP contribution in [0.2, 0.25) is 0 Å². The van der Waals surface area contributed by atoms with Crippen LogP contribution in [0.3, 0.4) is 0 Å². The standard InChI is InChI=1S/C16H18ClNO/c1-10-7-11(2)12(3)15(8-10)19-16-6-5-14(9-17)13(4)18-16/h5-8H,9H2,1-4H3. The van der Waals surface area contributed by atoms with E-state index in [0.717, 1.165) is 22.6 Å². The number of aromatic nitrogens is 1. The number of hydrogen-bond acceptors (Lipinski definition) is 2. The summed E-state index contributed by atoms with van der Waals surface area (Å²) in [5.74, 6) is 1.95. The summed E-state index contributed by atoms with van der Waals surface area (Å²) in [5, 5.41) is 0. The van der Waals surface area contributed by atoms with Crippen molar-refractivity contribution >= 4 is 11.6 Å². The molecule has 19 heavy (non-hydrogen) atoms. The van der Waals surface area contributed by atoms with E-state index in [1.807, 2.05) is 25.1 Å². The lowest BCUT2D eigenvalue weighted by Gasteiger charge is -2.12. The molecule has 0 amide bonds. The number of benzene rings is 1. The smallest absolute Gasteiger partial charge is 0.219 e. The molecule has 0 saturated heterocycles. The van der Waals surface area contributed by atoms with E-state index in [-0.39, 0.29) is 0 Å². The Morgan fingerprint density at radius 3 is 2.47 bits per heavy atom. The first-order valence-corrected chi connectivity index (χ1v) is 6.83. The molecule has 0 bridgehead atoms. The highest BCUT2D eigenvalue weighted by atomic mass is 35.5. The fraction of sp³-hybridized carbons (Fsp3) is 0.312. The van der Waals surface area contributed by atoms with Crippen LogP contribution in [-0.4, -0.2) is 4.98 Å². The third-order valence-electron chi connectivity index (χ3n) is 3.29. The van der Waals surface area contributed by atoms with E-state index >= 15 is 0 Å². The molecule has 100 valence electrons. The lowest BCUT2D eigenvalue weighted by Crippen LogP contribution is -1.96. The molecule has 0 N–H and O–H groups in total. The molecule has 1 heterocycles. The van der Waals surface area contributed by atoms with Gasteiger partial charge in [-0.15, -0.1) is 11.6 Å². The van der Waals surface area contributed by atoms with E-state index in [2.05, 4.69) is 31.8 Å². The predicted molar refractivity (Wildman–Crippen MR) is 79.3 cm³/mol. The van der Waals surface area contributed by atoms with Crippen molar-refractivity contribution in [1.82, 2.24) is 4.98 Å². The van der Waals surface area contributed by atoms with Crippen molar-refractivity contribution in [2.45, 2.75) is 33.6 Å². The molecule has 0 aliphatic rings. The molecule has 0 radical (unpaired) electrons. The Bertz CT molecular complexity index is 608. The third kappa shape index (κ3) is 3.07. The Kier molecular flexibility index (Phi) is 4.11. The van der Waals surface area contributed by atoms with Crippen LogP contribution in [0, 0.1) is 27.7 Å². The number of nitrogens with zero attached hydrogens (tertiary/aromatic N) is 1. The Balaban J connectivity index is 2.33. The molecule has 0 spiro atoms. The van der Waals surface area contributed by atoms with Gasteiger partial charge in [0.25, 0.3) is 0 Å². The van der Waals surface area contributed by atoms with Gasteiger partial charge in [-0.2, -0.15) is 0 Å². The van der Waals surface area contributed by atoms with Gasteiger partial charge in [-0.05, 0) is 56.0 Å². The van der Waals surface area contributed by atoms with Gasteiger partial charge in [-0.3, -0.25) is 0 Å². The summed E-state index contributed by atoms with van der Waals surface area (Å²) in [6.45, 7) is 8.15. The van der Waals surface area contributed by atoms with E-state index in [4.69, 9.17) is 16.3 Å². The molecule has 3 heteroatoms. The largest absolute Gasteiger partial charge is 0.439 e. The average molecular weight is 276 g/mol. The van der Waals surface area contributed by atoms with Gasteiger partial charge in [0.05, 0.1) is 0 Å². The maximum atomic E-state index is 5.90. The summed E-state index contributed by atoms with van der Waals surface area (Å²) in [6.07, 6.45) is 0. The quantitative estimate of drug-likeness (QED) is 0.747. The number of alkyl halides is 1. The van der Waals surface area contributed by atoms with Crippen LogP contribution < -0.4 is 4.74 Å². The van der Waals surface area contributed by atoms with Crippen molar-refractivity contribution < 1.29 is 4.74 Å². The lowest BCUT2D eigenvalue weighted by atomic mass is 10.1. The molecule has 1 aromatic carbocycles. The summed E-state index contributed by atoms with van der Waals surface area (Å²) in [4.78, 5) is 4.43. The van der Waals surface area contributed by atoms with Gasteiger partial charge in [-0.1, -0.05) is 12.1 Å². The first-order chi connectivity index (χ1) is 9.01. The Morgan fingerprint density at radius 1 is 1.11 bits per heavy atom. The van der Waals surface area contributed by atoms with E-state index in [9.17, 15) is 0 Å². The van der Waals surface area contributed by atoms with E-state index in [0.29, 0.717) is 11.8 Å². The molecule has 0 atom stereocenters. The molecule has 0 saturated carbocycles. The number of pyridine rings is 1. The SMILES string of the molecule is Cc1cc(C)c(C)c(Oc2ccc(CCl)c(C)n2)c1. The minimum atomic E-state index is 0.474. The predicted octanol–water partition coefficient (Wildman–Crippen LogP) is 4.85. The van der Waals surface area contributed by atoms with Gasteiger partial charge in [0.15, 0.2) is 0 Å². The van der Waals surface area contributed by atoms with Crippen LogP contribution in [0.5, 0.6) is 11.6 Å². The number of rotatable bonds is 3. The van der Waals surface area contributed by atoms with E-state index < -0.39 is 0 Å². The van der Waals surface area contributed by atoms with Gasteiger partial charge < -0.3 is 4.74 Å². The molecular formula is C16H18ClNO. The minimum absolute atomic E-state index is 0.474. The average Bonchev–Trinajstić information content (AvgIpc) is 2.35. The summed E-state index contributed by atoms with van der Waals surface area (Å²) in [6, 6.07) is 8.01. The van der Waals surface area contributed by atoms with Crippen molar-refractivity contribution in [3.63, 3.8) is 0 Å². The summed E-state index contributed by atoms with van der Waals surface area (Å²) in [5.41, 5.74) is 5.50. The summed E-state index contributed by atoms with van der Waals surface area (Å²) >= 11 is 5.83. The van der Waals surface area contributed by atoms with Crippen molar-refractivity contribution in [2.24, 2.45) is 0 Å². The monoisotopic (exact) mass is 275 g/mol. The molecule has 2 aromatic rings. The van der Waals surface area contributed by atoms with Crippen LogP contribution in [-0.2, 0) is 5.88 Å². The first-order valence-electron chi connectivity index (χ1n) is 6.29. The van der Waals surface area contributed by atoms with Crippen molar-refractivity contribution in [2.75, 3.05) is 0 Å². The Hall–Kier alpha value is -1.54.